The van der Waals surface area contributed by atoms with Gasteiger partial charge in [-0.1, -0.05) is 13.8 Å². The molecule has 4 heteroatoms. The van der Waals surface area contributed by atoms with Gasteiger partial charge in [-0.25, -0.2) is 0 Å². The molecule has 1 rings (SSSR count). The lowest BCUT2D eigenvalue weighted by molar-refractivity contribution is -0.124. The van der Waals surface area contributed by atoms with Crippen molar-refractivity contribution in [2.45, 2.75) is 71.0 Å². The second-order valence-corrected chi connectivity index (χ2v) is 5.75. The van der Waals surface area contributed by atoms with Gasteiger partial charge in [-0.3, -0.25) is 4.79 Å². The highest BCUT2D eigenvalue weighted by Crippen LogP contribution is 2.24. The van der Waals surface area contributed by atoms with Crippen LogP contribution >= 0.6 is 0 Å². The molecule has 0 bridgehead atoms. The summed E-state index contributed by atoms with van der Waals surface area (Å²) in [6, 6.07) is 1.06. The van der Waals surface area contributed by atoms with Crippen LogP contribution < -0.4 is 11.1 Å². The summed E-state index contributed by atoms with van der Waals surface area (Å²) in [6.07, 6.45) is 4.27. The smallest absolute Gasteiger partial charge is 0.237 e. The van der Waals surface area contributed by atoms with E-state index in [0.717, 1.165) is 25.9 Å². The Morgan fingerprint density at radius 1 is 1.50 bits per heavy atom. The first-order chi connectivity index (χ1) is 8.42. The van der Waals surface area contributed by atoms with Crippen molar-refractivity contribution in [1.82, 2.24) is 10.2 Å². The number of nitrogens with two attached hydrogens (primary N) is 1. The molecule has 4 nitrogen and oxygen atoms in total. The van der Waals surface area contributed by atoms with E-state index in [1.54, 1.807) is 0 Å². The van der Waals surface area contributed by atoms with Crippen LogP contribution in [0.1, 0.15) is 53.4 Å². The normalized spacial score (nSPS) is 20.7. The summed E-state index contributed by atoms with van der Waals surface area (Å²) in [5.74, 6) is -0.227. The molecule has 106 valence electrons. The van der Waals surface area contributed by atoms with Gasteiger partial charge in [0.15, 0.2) is 0 Å². The molecule has 2 atom stereocenters. The number of carbonyl (C=O) groups is 1. The van der Waals surface area contributed by atoms with E-state index in [2.05, 4.69) is 31.0 Å². The van der Waals surface area contributed by atoms with Crippen LogP contribution in [0.15, 0.2) is 0 Å². The summed E-state index contributed by atoms with van der Waals surface area (Å²) in [5, 5.41) is 3.40. The van der Waals surface area contributed by atoms with Gasteiger partial charge in [0.2, 0.25) is 5.91 Å². The molecule has 0 aromatic heterocycles. The Morgan fingerprint density at radius 3 is 2.50 bits per heavy atom. The van der Waals surface area contributed by atoms with Gasteiger partial charge in [0.05, 0.1) is 5.54 Å². The van der Waals surface area contributed by atoms with Crippen LogP contribution in [0.25, 0.3) is 0 Å². The maximum Gasteiger partial charge on any atom is 0.237 e. The third kappa shape index (κ3) is 4.25. The lowest BCUT2D eigenvalue weighted by Crippen LogP contribution is -2.55. The minimum Gasteiger partial charge on any atom is -0.368 e. The molecule has 0 aromatic carbocycles. The Kier molecular flexibility index (Phi) is 5.60. The van der Waals surface area contributed by atoms with Gasteiger partial charge in [-0.05, 0) is 46.1 Å². The first-order valence-corrected chi connectivity index (χ1v) is 7.24. The van der Waals surface area contributed by atoms with Crippen molar-refractivity contribution >= 4 is 5.91 Å². The summed E-state index contributed by atoms with van der Waals surface area (Å²) in [7, 11) is 0. The van der Waals surface area contributed by atoms with Crippen LogP contribution in [-0.4, -0.2) is 41.5 Å². The second-order valence-electron chi connectivity index (χ2n) is 5.75. The Bertz CT molecular complexity index is 278. The standard InChI is InChI=1S/C14H29N3O/c1-5-11(3)17(6-2)10-9-14(4,13(15)18)16-12-7-8-12/h11-12,16H,5-10H2,1-4H3,(H2,15,18). The summed E-state index contributed by atoms with van der Waals surface area (Å²) in [5.41, 5.74) is 5.01. The molecule has 0 aliphatic heterocycles. The highest BCUT2D eigenvalue weighted by molar-refractivity contribution is 5.84. The van der Waals surface area contributed by atoms with Gasteiger partial charge in [0, 0.05) is 18.6 Å². The van der Waals surface area contributed by atoms with Crippen LogP contribution in [0, 0.1) is 0 Å². The molecule has 1 aliphatic rings. The van der Waals surface area contributed by atoms with E-state index in [4.69, 9.17) is 5.73 Å². The maximum atomic E-state index is 11.7. The molecule has 0 radical (unpaired) electrons. The van der Waals surface area contributed by atoms with Gasteiger partial charge in [0.1, 0.15) is 0 Å². The molecule has 18 heavy (non-hydrogen) atoms. The highest BCUT2D eigenvalue weighted by Gasteiger charge is 2.37. The van der Waals surface area contributed by atoms with Crippen LogP contribution in [0.5, 0.6) is 0 Å². The highest BCUT2D eigenvalue weighted by atomic mass is 16.1. The SMILES string of the molecule is CCC(C)N(CC)CCC(C)(NC1CC1)C(N)=O. The van der Waals surface area contributed by atoms with Gasteiger partial charge >= 0.3 is 0 Å². The molecule has 0 aromatic rings. The minimum absolute atomic E-state index is 0.227. The molecule has 1 saturated carbocycles. The average molecular weight is 255 g/mol. The Balaban J connectivity index is 2.52. The molecule has 3 N–H and O–H groups in total. The van der Waals surface area contributed by atoms with E-state index in [-0.39, 0.29) is 5.91 Å². The van der Waals surface area contributed by atoms with E-state index in [1.807, 2.05) is 6.92 Å². The number of hydrogen-bond acceptors (Lipinski definition) is 3. The Labute approximate surface area is 111 Å². The predicted molar refractivity (Wildman–Crippen MR) is 75.4 cm³/mol. The first kappa shape index (κ1) is 15.4. The van der Waals surface area contributed by atoms with Gasteiger partial charge < -0.3 is 16.0 Å². The molecule has 1 fully saturated rings. The number of amides is 1. The van der Waals surface area contributed by atoms with Gasteiger partial charge in [0.25, 0.3) is 0 Å². The molecular weight excluding hydrogens is 226 g/mol. The molecular formula is C14H29N3O. The van der Waals surface area contributed by atoms with Crippen molar-refractivity contribution in [3.05, 3.63) is 0 Å². The number of nitrogens with zero attached hydrogens (tertiary/aromatic N) is 1. The predicted octanol–water partition coefficient (Wildman–Crippen LogP) is 1.49. The topological polar surface area (TPSA) is 58.4 Å². The lowest BCUT2D eigenvalue weighted by atomic mass is 9.96. The van der Waals surface area contributed by atoms with Crippen molar-refractivity contribution in [3.63, 3.8) is 0 Å². The van der Waals surface area contributed by atoms with E-state index >= 15 is 0 Å². The third-order valence-corrected chi connectivity index (χ3v) is 4.16. The maximum absolute atomic E-state index is 11.7. The van der Waals surface area contributed by atoms with E-state index in [9.17, 15) is 4.79 Å². The van der Waals surface area contributed by atoms with Gasteiger partial charge in [-0.15, -0.1) is 0 Å². The molecule has 0 spiro atoms. The zero-order valence-corrected chi connectivity index (χ0v) is 12.3. The summed E-state index contributed by atoms with van der Waals surface area (Å²) < 4.78 is 0. The van der Waals surface area contributed by atoms with Gasteiger partial charge in [-0.2, -0.15) is 0 Å². The fourth-order valence-electron chi connectivity index (χ4n) is 2.26. The summed E-state index contributed by atoms with van der Waals surface area (Å²) in [4.78, 5) is 14.1. The summed E-state index contributed by atoms with van der Waals surface area (Å²) in [6.45, 7) is 10.5. The zero-order valence-electron chi connectivity index (χ0n) is 12.3. The average Bonchev–Trinajstić information content (AvgIpc) is 3.12. The molecule has 0 heterocycles. The van der Waals surface area contributed by atoms with Crippen LogP contribution in [-0.2, 0) is 4.79 Å². The largest absolute Gasteiger partial charge is 0.368 e. The zero-order chi connectivity index (χ0) is 13.8. The lowest BCUT2D eigenvalue weighted by Gasteiger charge is -2.33. The summed E-state index contributed by atoms with van der Waals surface area (Å²) >= 11 is 0. The monoisotopic (exact) mass is 255 g/mol. The minimum atomic E-state index is -0.554. The fraction of sp³-hybridized carbons (Fsp3) is 0.929. The van der Waals surface area contributed by atoms with Crippen molar-refractivity contribution in [3.8, 4) is 0 Å². The fourth-order valence-corrected chi connectivity index (χ4v) is 2.26. The molecule has 0 saturated heterocycles. The number of rotatable bonds is 9. The third-order valence-electron chi connectivity index (χ3n) is 4.16. The Hall–Kier alpha value is -0.610. The van der Waals surface area contributed by atoms with Crippen LogP contribution in [0.2, 0.25) is 0 Å². The molecule has 2 unspecified atom stereocenters. The van der Waals surface area contributed by atoms with Crippen LogP contribution in [0.4, 0.5) is 0 Å². The first-order valence-electron chi connectivity index (χ1n) is 7.24. The molecule has 1 amide bonds. The molecule has 1 aliphatic carbocycles. The Morgan fingerprint density at radius 2 is 2.11 bits per heavy atom. The van der Waals surface area contributed by atoms with Crippen molar-refractivity contribution in [2.24, 2.45) is 5.73 Å². The number of carbonyl (C=O) groups excluding carboxylic acids is 1. The number of nitrogens with one attached hydrogen (secondary N) is 1. The van der Waals surface area contributed by atoms with Crippen molar-refractivity contribution in [1.29, 1.82) is 0 Å². The van der Waals surface area contributed by atoms with E-state index < -0.39 is 5.54 Å². The number of primary amides is 1. The quantitative estimate of drug-likeness (QED) is 0.656. The van der Waals surface area contributed by atoms with Crippen molar-refractivity contribution < 1.29 is 4.79 Å². The second kappa shape index (κ2) is 6.53. The van der Waals surface area contributed by atoms with Crippen molar-refractivity contribution in [2.75, 3.05) is 13.1 Å². The van der Waals surface area contributed by atoms with Crippen LogP contribution in [0.3, 0.4) is 0 Å². The number of hydrogen-bond donors (Lipinski definition) is 2. The van der Waals surface area contributed by atoms with E-state index in [1.165, 1.54) is 12.8 Å². The van der Waals surface area contributed by atoms with E-state index in [0.29, 0.717) is 12.1 Å².